The quantitative estimate of drug-likeness (QED) is 0.906. The lowest BCUT2D eigenvalue weighted by Gasteiger charge is -2.40. The maximum Gasteiger partial charge on any atom is 0.246 e. The van der Waals surface area contributed by atoms with Gasteiger partial charge in [0.1, 0.15) is 17.6 Å². The lowest BCUT2D eigenvalue weighted by atomic mass is 9.84. The van der Waals surface area contributed by atoms with Gasteiger partial charge in [-0.15, -0.1) is 11.3 Å². The number of hydrogen-bond acceptors (Lipinski definition) is 4. The highest BCUT2D eigenvalue weighted by Crippen LogP contribution is 2.30. The van der Waals surface area contributed by atoms with Crippen LogP contribution in [-0.4, -0.2) is 34.3 Å². The lowest BCUT2D eigenvalue weighted by Crippen LogP contribution is -2.62. The van der Waals surface area contributed by atoms with Crippen molar-refractivity contribution >= 4 is 23.2 Å². The molecule has 2 unspecified atom stereocenters. The molecule has 2 atom stereocenters. The average Bonchev–Trinajstić information content (AvgIpc) is 2.76. The van der Waals surface area contributed by atoms with E-state index in [0.717, 1.165) is 9.88 Å². The molecule has 2 rings (SSSR count). The van der Waals surface area contributed by atoms with Gasteiger partial charge in [-0.2, -0.15) is 0 Å². The number of nitrogens with one attached hydrogen (secondary N) is 1. The highest BCUT2D eigenvalue weighted by Gasteiger charge is 2.42. The maximum absolute atomic E-state index is 12.6. The van der Waals surface area contributed by atoms with E-state index in [9.17, 15) is 9.59 Å². The topological polar surface area (TPSA) is 62.3 Å². The first-order valence-electron chi connectivity index (χ1n) is 6.72. The number of thiazole rings is 1. The van der Waals surface area contributed by atoms with Crippen molar-refractivity contribution in [1.82, 2.24) is 15.2 Å². The molecule has 0 aliphatic carbocycles. The number of carbonyl (C=O) groups excluding carboxylic acids is 2. The molecule has 1 aliphatic heterocycles. The number of piperazine rings is 1. The van der Waals surface area contributed by atoms with Gasteiger partial charge in [-0.05, 0) is 19.3 Å². The zero-order chi connectivity index (χ0) is 15.1. The van der Waals surface area contributed by atoms with Crippen molar-refractivity contribution in [3.05, 3.63) is 16.1 Å². The minimum Gasteiger partial charge on any atom is -0.342 e. The standard InChI is InChI=1S/C14H21N3O2S/c1-8-6-15-12(20-8)9(2)17-7-10(18)16-11(13(17)19)14(3,4)5/h6,9,11H,7H2,1-5H3,(H,16,18). The minimum absolute atomic E-state index is 0.0301. The van der Waals surface area contributed by atoms with Crippen molar-refractivity contribution in [2.45, 2.75) is 46.7 Å². The lowest BCUT2D eigenvalue weighted by molar-refractivity contribution is -0.149. The Morgan fingerprint density at radius 3 is 2.60 bits per heavy atom. The summed E-state index contributed by atoms with van der Waals surface area (Å²) in [6, 6.07) is -0.649. The number of amides is 2. The molecule has 0 radical (unpaired) electrons. The van der Waals surface area contributed by atoms with E-state index in [0.29, 0.717) is 0 Å². The van der Waals surface area contributed by atoms with Crippen molar-refractivity contribution in [2.24, 2.45) is 5.41 Å². The molecule has 110 valence electrons. The van der Waals surface area contributed by atoms with Gasteiger partial charge < -0.3 is 10.2 Å². The van der Waals surface area contributed by atoms with Crippen molar-refractivity contribution in [1.29, 1.82) is 0 Å². The van der Waals surface area contributed by atoms with Crippen LogP contribution in [0.1, 0.15) is 43.6 Å². The fourth-order valence-electron chi connectivity index (χ4n) is 2.28. The van der Waals surface area contributed by atoms with E-state index in [1.807, 2.05) is 34.6 Å². The number of hydrogen-bond donors (Lipinski definition) is 1. The SMILES string of the molecule is Cc1cnc(C(C)N2CC(=O)NC(C(C)(C)C)C2=O)s1. The van der Waals surface area contributed by atoms with E-state index in [-0.39, 0.29) is 29.8 Å². The second-order valence-corrected chi connectivity index (χ2v) is 7.58. The fraction of sp³-hybridized carbons (Fsp3) is 0.643. The summed E-state index contributed by atoms with van der Waals surface area (Å²) in [5, 5.41) is 3.67. The smallest absolute Gasteiger partial charge is 0.246 e. The highest BCUT2D eigenvalue weighted by molar-refractivity contribution is 7.11. The molecule has 1 saturated heterocycles. The van der Waals surface area contributed by atoms with Crippen molar-refractivity contribution < 1.29 is 9.59 Å². The normalized spacial score (nSPS) is 21.9. The summed E-state index contributed by atoms with van der Waals surface area (Å²) in [7, 11) is 0. The first-order valence-corrected chi connectivity index (χ1v) is 7.54. The Labute approximate surface area is 123 Å². The molecule has 0 saturated carbocycles. The first-order chi connectivity index (χ1) is 9.20. The molecule has 1 N–H and O–H groups in total. The molecule has 1 fully saturated rings. The molecule has 2 amide bonds. The van der Waals surface area contributed by atoms with Gasteiger partial charge in [0.25, 0.3) is 0 Å². The van der Waals surface area contributed by atoms with Gasteiger partial charge in [0.05, 0.1) is 6.04 Å². The Morgan fingerprint density at radius 1 is 1.45 bits per heavy atom. The molecule has 5 nitrogen and oxygen atoms in total. The van der Waals surface area contributed by atoms with E-state index in [2.05, 4.69) is 10.3 Å². The molecular formula is C14H21N3O2S. The van der Waals surface area contributed by atoms with Crippen LogP contribution in [0.5, 0.6) is 0 Å². The van der Waals surface area contributed by atoms with Gasteiger partial charge in [-0.1, -0.05) is 20.8 Å². The van der Waals surface area contributed by atoms with Gasteiger partial charge in [0.15, 0.2) is 0 Å². The van der Waals surface area contributed by atoms with Crippen LogP contribution < -0.4 is 5.32 Å². The van der Waals surface area contributed by atoms with E-state index in [4.69, 9.17) is 0 Å². The molecule has 1 aromatic heterocycles. The summed E-state index contributed by atoms with van der Waals surface area (Å²) >= 11 is 1.56. The minimum atomic E-state index is -0.479. The van der Waals surface area contributed by atoms with Crippen LogP contribution >= 0.6 is 11.3 Å². The molecule has 1 aliphatic rings. The number of rotatable bonds is 2. The summed E-state index contributed by atoms with van der Waals surface area (Å²) in [5.74, 6) is -0.137. The van der Waals surface area contributed by atoms with Crippen LogP contribution in [0.3, 0.4) is 0 Å². The number of aryl methyl sites for hydroxylation is 1. The van der Waals surface area contributed by atoms with Crippen LogP contribution in [0, 0.1) is 12.3 Å². The van der Waals surface area contributed by atoms with Crippen LogP contribution in [0.2, 0.25) is 0 Å². The van der Waals surface area contributed by atoms with Crippen LogP contribution in [0.15, 0.2) is 6.20 Å². The molecular weight excluding hydrogens is 274 g/mol. The Hall–Kier alpha value is -1.43. The summed E-state index contributed by atoms with van der Waals surface area (Å²) in [6.07, 6.45) is 1.80. The van der Waals surface area contributed by atoms with Gasteiger partial charge in [-0.25, -0.2) is 4.98 Å². The summed E-state index contributed by atoms with van der Waals surface area (Å²) in [4.78, 5) is 31.6. The average molecular weight is 295 g/mol. The third-order valence-corrected chi connectivity index (χ3v) is 4.56. The number of carbonyl (C=O) groups is 2. The van der Waals surface area contributed by atoms with Crippen LogP contribution in [0.4, 0.5) is 0 Å². The van der Waals surface area contributed by atoms with Crippen molar-refractivity contribution in [3.63, 3.8) is 0 Å². The fourth-order valence-corrected chi connectivity index (χ4v) is 3.12. The summed E-state index contributed by atoms with van der Waals surface area (Å²) < 4.78 is 0. The molecule has 1 aromatic rings. The molecule has 20 heavy (non-hydrogen) atoms. The molecule has 6 heteroatoms. The van der Waals surface area contributed by atoms with E-state index < -0.39 is 6.04 Å². The maximum atomic E-state index is 12.6. The Bertz CT molecular complexity index is 533. The van der Waals surface area contributed by atoms with Crippen LogP contribution in [-0.2, 0) is 9.59 Å². The van der Waals surface area contributed by atoms with Gasteiger partial charge >= 0.3 is 0 Å². The van der Waals surface area contributed by atoms with Crippen molar-refractivity contribution in [2.75, 3.05) is 6.54 Å². The Morgan fingerprint density at radius 2 is 2.10 bits per heavy atom. The summed E-state index contributed by atoms with van der Waals surface area (Å²) in [6.45, 7) is 9.88. The number of aromatic nitrogens is 1. The third-order valence-electron chi connectivity index (χ3n) is 3.48. The summed E-state index contributed by atoms with van der Waals surface area (Å²) in [5.41, 5.74) is -0.302. The predicted molar refractivity (Wildman–Crippen MR) is 78.4 cm³/mol. The molecule has 0 spiro atoms. The highest BCUT2D eigenvalue weighted by atomic mass is 32.1. The first kappa shape index (κ1) is 15.0. The second kappa shape index (κ2) is 5.16. The van der Waals surface area contributed by atoms with E-state index >= 15 is 0 Å². The van der Waals surface area contributed by atoms with Crippen LogP contribution in [0.25, 0.3) is 0 Å². The molecule has 0 bridgehead atoms. The molecule has 2 heterocycles. The zero-order valence-electron chi connectivity index (χ0n) is 12.6. The zero-order valence-corrected chi connectivity index (χ0v) is 13.4. The van der Waals surface area contributed by atoms with Gasteiger partial charge in [-0.3, -0.25) is 9.59 Å². The monoisotopic (exact) mass is 295 g/mol. The van der Waals surface area contributed by atoms with E-state index in [1.54, 1.807) is 22.4 Å². The Balaban J connectivity index is 2.26. The predicted octanol–water partition coefficient (Wildman–Crippen LogP) is 1.89. The van der Waals surface area contributed by atoms with E-state index in [1.165, 1.54) is 0 Å². The molecule has 0 aromatic carbocycles. The number of nitrogens with zero attached hydrogens (tertiary/aromatic N) is 2. The Kier molecular flexibility index (Phi) is 3.86. The second-order valence-electron chi connectivity index (χ2n) is 6.32. The van der Waals surface area contributed by atoms with Crippen molar-refractivity contribution in [3.8, 4) is 0 Å². The largest absolute Gasteiger partial charge is 0.342 e. The van der Waals surface area contributed by atoms with Gasteiger partial charge in [0.2, 0.25) is 11.8 Å². The van der Waals surface area contributed by atoms with Gasteiger partial charge in [0, 0.05) is 11.1 Å². The third kappa shape index (κ3) is 2.85.